The summed E-state index contributed by atoms with van der Waals surface area (Å²) in [5.41, 5.74) is 0.710. The Morgan fingerprint density at radius 1 is 1.12 bits per heavy atom. The molecule has 5 nitrogen and oxygen atoms in total. The number of aromatic nitrogens is 3. The molecule has 0 aliphatic heterocycles. The highest BCUT2D eigenvalue weighted by atomic mass is 32.2. The van der Waals surface area contributed by atoms with Gasteiger partial charge in [0.05, 0.1) is 7.11 Å². The fourth-order valence-corrected chi connectivity index (χ4v) is 3.01. The highest BCUT2D eigenvalue weighted by Crippen LogP contribution is 2.27. The van der Waals surface area contributed by atoms with Gasteiger partial charge in [-0.2, -0.15) is 0 Å². The predicted molar refractivity (Wildman–Crippen MR) is 88.1 cm³/mol. The molecule has 0 aliphatic carbocycles. The highest BCUT2D eigenvalue weighted by molar-refractivity contribution is 7.98. The van der Waals surface area contributed by atoms with Crippen LogP contribution in [0.4, 0.5) is 8.78 Å². The maximum atomic E-state index is 13.7. The van der Waals surface area contributed by atoms with E-state index in [0.29, 0.717) is 16.7 Å². The third-order valence-corrected chi connectivity index (χ3v) is 4.37. The van der Waals surface area contributed by atoms with E-state index in [1.54, 1.807) is 19.2 Å². The summed E-state index contributed by atoms with van der Waals surface area (Å²) >= 11 is 1.11. The molecule has 124 valence electrons. The first kappa shape index (κ1) is 16.3. The zero-order valence-electron chi connectivity index (χ0n) is 12.7. The summed E-state index contributed by atoms with van der Waals surface area (Å²) in [6.45, 7) is 0. The van der Waals surface area contributed by atoms with Crippen LogP contribution in [0.15, 0.2) is 47.6 Å². The van der Waals surface area contributed by atoms with Crippen LogP contribution in [0.1, 0.15) is 5.56 Å². The van der Waals surface area contributed by atoms with Crippen LogP contribution in [-0.2, 0) is 5.75 Å². The summed E-state index contributed by atoms with van der Waals surface area (Å²) in [4.78, 5) is 0. The molecule has 0 atom stereocenters. The van der Waals surface area contributed by atoms with Gasteiger partial charge in [-0.15, -0.1) is 10.2 Å². The first-order valence-electron chi connectivity index (χ1n) is 7.00. The Balaban J connectivity index is 1.82. The van der Waals surface area contributed by atoms with Crippen molar-refractivity contribution in [2.24, 2.45) is 0 Å². The van der Waals surface area contributed by atoms with Crippen molar-refractivity contribution >= 4 is 11.8 Å². The van der Waals surface area contributed by atoms with Crippen LogP contribution in [0.3, 0.4) is 0 Å². The summed E-state index contributed by atoms with van der Waals surface area (Å²) in [5.74, 6) is 5.97. The number of ether oxygens (including phenoxy) is 1. The lowest BCUT2D eigenvalue weighted by atomic mass is 10.2. The van der Waals surface area contributed by atoms with E-state index < -0.39 is 11.6 Å². The summed E-state index contributed by atoms with van der Waals surface area (Å²) in [6.07, 6.45) is 0. The minimum absolute atomic E-state index is 0.0200. The number of hydrogen-bond donors (Lipinski definition) is 1. The van der Waals surface area contributed by atoms with Crippen molar-refractivity contribution in [3.63, 3.8) is 0 Å². The van der Waals surface area contributed by atoms with Crippen molar-refractivity contribution in [2.45, 2.75) is 10.9 Å². The van der Waals surface area contributed by atoms with E-state index in [4.69, 9.17) is 10.6 Å². The molecule has 3 rings (SSSR count). The Labute approximate surface area is 141 Å². The Kier molecular flexibility index (Phi) is 4.66. The van der Waals surface area contributed by atoms with Crippen LogP contribution in [-0.4, -0.2) is 22.0 Å². The van der Waals surface area contributed by atoms with Crippen molar-refractivity contribution in [1.82, 2.24) is 14.9 Å². The van der Waals surface area contributed by atoms with Gasteiger partial charge in [-0.05, 0) is 24.3 Å². The van der Waals surface area contributed by atoms with E-state index >= 15 is 0 Å². The molecule has 0 bridgehead atoms. The molecule has 0 saturated heterocycles. The second-order valence-electron chi connectivity index (χ2n) is 4.90. The number of rotatable bonds is 5. The average molecular weight is 348 g/mol. The van der Waals surface area contributed by atoms with Gasteiger partial charge in [0.1, 0.15) is 17.4 Å². The average Bonchev–Trinajstić information content (AvgIpc) is 2.95. The van der Waals surface area contributed by atoms with Crippen LogP contribution in [0.2, 0.25) is 0 Å². The van der Waals surface area contributed by atoms with E-state index in [1.165, 1.54) is 22.9 Å². The molecule has 0 unspecified atom stereocenters. The third kappa shape index (κ3) is 3.18. The van der Waals surface area contributed by atoms with Gasteiger partial charge in [0.2, 0.25) is 5.16 Å². The van der Waals surface area contributed by atoms with Gasteiger partial charge >= 0.3 is 0 Å². The first-order chi connectivity index (χ1) is 11.6. The van der Waals surface area contributed by atoms with E-state index in [0.717, 1.165) is 17.3 Å². The maximum absolute atomic E-state index is 13.7. The Bertz CT molecular complexity index is 849. The number of methoxy groups -OCH3 is 1. The molecular weight excluding hydrogens is 334 g/mol. The van der Waals surface area contributed by atoms with Crippen molar-refractivity contribution in [3.8, 4) is 17.1 Å². The zero-order chi connectivity index (χ0) is 17.1. The van der Waals surface area contributed by atoms with Crippen LogP contribution < -0.4 is 10.6 Å². The molecule has 1 heterocycles. The molecule has 0 saturated carbocycles. The molecule has 2 N–H and O–H groups in total. The number of benzene rings is 2. The standard InChI is InChI=1S/C16H14F2N4OS/c1-23-11-5-2-4-10(8-11)15-20-21-16(22(15)19)24-9-12-13(17)6-3-7-14(12)18/h2-8H,9,19H2,1H3. The highest BCUT2D eigenvalue weighted by Gasteiger charge is 2.15. The van der Waals surface area contributed by atoms with E-state index in [2.05, 4.69) is 10.2 Å². The molecule has 24 heavy (non-hydrogen) atoms. The van der Waals surface area contributed by atoms with Gasteiger partial charge in [0.25, 0.3) is 0 Å². The zero-order valence-corrected chi connectivity index (χ0v) is 13.6. The monoisotopic (exact) mass is 348 g/mol. The fourth-order valence-electron chi connectivity index (χ4n) is 2.14. The molecule has 3 aromatic rings. The van der Waals surface area contributed by atoms with Crippen molar-refractivity contribution in [1.29, 1.82) is 0 Å². The number of nitrogens with zero attached hydrogens (tertiary/aromatic N) is 3. The van der Waals surface area contributed by atoms with Crippen molar-refractivity contribution in [3.05, 3.63) is 59.7 Å². The normalized spacial score (nSPS) is 10.8. The topological polar surface area (TPSA) is 66.0 Å². The van der Waals surface area contributed by atoms with E-state index in [9.17, 15) is 8.78 Å². The summed E-state index contributed by atoms with van der Waals surface area (Å²) in [5, 5.41) is 8.39. The Hall–Kier alpha value is -2.61. The van der Waals surface area contributed by atoms with Crippen LogP contribution in [0.5, 0.6) is 5.75 Å². The minimum Gasteiger partial charge on any atom is -0.497 e. The Morgan fingerprint density at radius 3 is 2.54 bits per heavy atom. The summed E-state index contributed by atoms with van der Waals surface area (Å²) < 4.78 is 33.8. The van der Waals surface area contributed by atoms with E-state index in [1.807, 2.05) is 12.1 Å². The summed E-state index contributed by atoms with van der Waals surface area (Å²) in [7, 11) is 1.57. The van der Waals surface area contributed by atoms with Crippen LogP contribution in [0, 0.1) is 11.6 Å². The lowest BCUT2D eigenvalue weighted by Crippen LogP contribution is -2.11. The van der Waals surface area contributed by atoms with Crippen molar-refractivity contribution < 1.29 is 13.5 Å². The third-order valence-electron chi connectivity index (χ3n) is 3.40. The lowest BCUT2D eigenvalue weighted by molar-refractivity contribution is 0.415. The van der Waals surface area contributed by atoms with Crippen LogP contribution in [0.25, 0.3) is 11.4 Å². The minimum atomic E-state index is -0.599. The maximum Gasteiger partial charge on any atom is 0.210 e. The number of nitrogens with two attached hydrogens (primary N) is 1. The summed E-state index contributed by atoms with van der Waals surface area (Å²) in [6, 6.07) is 11.0. The molecule has 0 fully saturated rings. The molecule has 2 aromatic carbocycles. The molecule has 0 spiro atoms. The SMILES string of the molecule is COc1cccc(-c2nnc(SCc3c(F)cccc3F)n2N)c1. The van der Waals surface area contributed by atoms with Crippen molar-refractivity contribution in [2.75, 3.05) is 13.0 Å². The fraction of sp³-hybridized carbons (Fsp3) is 0.125. The quantitative estimate of drug-likeness (QED) is 0.566. The second kappa shape index (κ2) is 6.88. The van der Waals surface area contributed by atoms with Gasteiger partial charge < -0.3 is 10.6 Å². The number of nitrogen functional groups attached to an aromatic ring is 1. The molecule has 0 amide bonds. The number of hydrogen-bond acceptors (Lipinski definition) is 5. The van der Waals surface area contributed by atoms with Gasteiger partial charge in [-0.1, -0.05) is 30.0 Å². The van der Waals surface area contributed by atoms with Crippen LogP contribution >= 0.6 is 11.8 Å². The van der Waals surface area contributed by atoms with Gasteiger partial charge in [0.15, 0.2) is 5.82 Å². The Morgan fingerprint density at radius 2 is 1.83 bits per heavy atom. The number of thioether (sulfide) groups is 1. The van der Waals surface area contributed by atoms with Gasteiger partial charge in [-0.25, -0.2) is 13.5 Å². The van der Waals surface area contributed by atoms with E-state index in [-0.39, 0.29) is 11.3 Å². The number of halogens is 2. The lowest BCUT2D eigenvalue weighted by Gasteiger charge is -2.06. The van der Waals surface area contributed by atoms with Gasteiger partial charge in [0, 0.05) is 16.9 Å². The second-order valence-corrected chi connectivity index (χ2v) is 5.84. The first-order valence-corrected chi connectivity index (χ1v) is 7.99. The molecule has 0 aliphatic rings. The molecule has 0 radical (unpaired) electrons. The molecule has 1 aromatic heterocycles. The molecular formula is C16H14F2N4OS. The smallest absolute Gasteiger partial charge is 0.210 e. The molecule has 8 heteroatoms. The largest absolute Gasteiger partial charge is 0.497 e. The predicted octanol–water partition coefficient (Wildman–Crippen LogP) is 3.24. The van der Waals surface area contributed by atoms with Gasteiger partial charge in [-0.3, -0.25) is 0 Å².